The van der Waals surface area contributed by atoms with Crippen molar-refractivity contribution in [3.8, 4) is 11.5 Å². The van der Waals surface area contributed by atoms with E-state index in [1.165, 1.54) is 30.6 Å². The van der Waals surface area contributed by atoms with E-state index in [1.807, 2.05) is 17.5 Å². The molecule has 1 atom stereocenters. The SMILES string of the molecule is COc1ccc(S(=O)(=O)Oc2ccc(CN(CC3CCCO3)C(=O)c3cccs3)cc2)cc1. The Hall–Kier alpha value is -2.88. The average molecular weight is 488 g/mol. The van der Waals surface area contributed by atoms with Crippen LogP contribution in [0, 0.1) is 0 Å². The summed E-state index contributed by atoms with van der Waals surface area (Å²) in [6.07, 6.45) is 1.97. The number of thiophene rings is 1. The van der Waals surface area contributed by atoms with E-state index >= 15 is 0 Å². The summed E-state index contributed by atoms with van der Waals surface area (Å²) >= 11 is 1.41. The Labute approximate surface area is 197 Å². The third kappa shape index (κ3) is 5.93. The van der Waals surface area contributed by atoms with Gasteiger partial charge in [0, 0.05) is 19.7 Å². The molecule has 0 spiro atoms. The Balaban J connectivity index is 1.45. The van der Waals surface area contributed by atoms with Crippen LogP contribution in [0.4, 0.5) is 0 Å². The van der Waals surface area contributed by atoms with Crippen molar-refractivity contribution in [2.45, 2.75) is 30.4 Å². The molecule has 2 heterocycles. The summed E-state index contributed by atoms with van der Waals surface area (Å²) in [5.74, 6) is 0.718. The van der Waals surface area contributed by atoms with Gasteiger partial charge in [0.1, 0.15) is 16.4 Å². The van der Waals surface area contributed by atoms with Gasteiger partial charge in [-0.1, -0.05) is 18.2 Å². The lowest BCUT2D eigenvalue weighted by Crippen LogP contribution is -2.36. The fourth-order valence-electron chi connectivity index (χ4n) is 3.60. The lowest BCUT2D eigenvalue weighted by molar-refractivity contribution is 0.0511. The highest BCUT2D eigenvalue weighted by Gasteiger charge is 2.24. The maximum atomic E-state index is 13.0. The van der Waals surface area contributed by atoms with Crippen molar-refractivity contribution in [3.05, 3.63) is 76.5 Å². The Morgan fingerprint density at radius 3 is 2.42 bits per heavy atom. The molecule has 9 heteroatoms. The number of ether oxygens (including phenoxy) is 2. The monoisotopic (exact) mass is 487 g/mol. The van der Waals surface area contributed by atoms with Gasteiger partial charge in [-0.3, -0.25) is 4.79 Å². The van der Waals surface area contributed by atoms with Crippen molar-refractivity contribution < 1.29 is 26.9 Å². The number of benzene rings is 2. The summed E-state index contributed by atoms with van der Waals surface area (Å²) in [6.45, 7) is 1.63. The Morgan fingerprint density at radius 2 is 1.82 bits per heavy atom. The molecule has 1 fully saturated rings. The fourth-order valence-corrected chi connectivity index (χ4v) is 5.22. The second-order valence-corrected chi connectivity index (χ2v) is 10.1. The van der Waals surface area contributed by atoms with Crippen LogP contribution in [0.3, 0.4) is 0 Å². The van der Waals surface area contributed by atoms with Crippen LogP contribution in [0.1, 0.15) is 28.1 Å². The Morgan fingerprint density at radius 1 is 1.09 bits per heavy atom. The minimum Gasteiger partial charge on any atom is -0.497 e. The first kappa shape index (κ1) is 23.3. The maximum Gasteiger partial charge on any atom is 0.339 e. The zero-order chi connectivity index (χ0) is 23.3. The number of methoxy groups -OCH3 is 1. The first-order valence-corrected chi connectivity index (χ1v) is 12.9. The van der Waals surface area contributed by atoms with Gasteiger partial charge in [0.15, 0.2) is 0 Å². The molecule has 7 nitrogen and oxygen atoms in total. The van der Waals surface area contributed by atoms with Gasteiger partial charge < -0.3 is 18.6 Å². The molecule has 1 saturated heterocycles. The highest BCUT2D eigenvalue weighted by atomic mass is 32.2. The van der Waals surface area contributed by atoms with E-state index < -0.39 is 10.1 Å². The summed E-state index contributed by atoms with van der Waals surface area (Å²) in [4.78, 5) is 15.5. The number of hydrogen-bond donors (Lipinski definition) is 0. The highest BCUT2D eigenvalue weighted by Crippen LogP contribution is 2.23. The van der Waals surface area contributed by atoms with Crippen molar-refractivity contribution in [2.75, 3.05) is 20.3 Å². The molecule has 1 aliphatic rings. The van der Waals surface area contributed by atoms with Crippen LogP contribution in [0.2, 0.25) is 0 Å². The smallest absolute Gasteiger partial charge is 0.339 e. The normalized spacial score (nSPS) is 15.8. The quantitative estimate of drug-likeness (QED) is 0.418. The van der Waals surface area contributed by atoms with Gasteiger partial charge in [0.05, 0.1) is 18.1 Å². The standard InChI is InChI=1S/C24H25NO6S2/c1-29-19-10-12-22(13-11-19)33(27,28)31-20-8-6-18(7-9-20)16-25(17-21-4-2-14-30-21)24(26)23-5-3-15-32-23/h3,5-13,15,21H,2,4,14,16-17H2,1H3. The van der Waals surface area contributed by atoms with E-state index in [-0.39, 0.29) is 22.7 Å². The zero-order valence-electron chi connectivity index (χ0n) is 18.2. The fraction of sp³-hybridized carbons (Fsp3) is 0.292. The van der Waals surface area contributed by atoms with Gasteiger partial charge in [-0.05, 0) is 66.2 Å². The molecule has 1 aromatic heterocycles. The topological polar surface area (TPSA) is 82.1 Å². The van der Waals surface area contributed by atoms with E-state index in [2.05, 4.69) is 0 Å². The summed E-state index contributed by atoms with van der Waals surface area (Å²) in [5, 5.41) is 1.88. The summed E-state index contributed by atoms with van der Waals surface area (Å²) in [6, 6.07) is 16.4. The first-order chi connectivity index (χ1) is 15.9. The first-order valence-electron chi connectivity index (χ1n) is 10.6. The molecule has 0 aliphatic carbocycles. The third-order valence-corrected chi connectivity index (χ3v) is 7.44. The average Bonchev–Trinajstić information content (AvgIpc) is 3.54. The second kappa shape index (κ2) is 10.4. The molecular formula is C24H25NO6S2. The van der Waals surface area contributed by atoms with Crippen LogP contribution >= 0.6 is 11.3 Å². The van der Waals surface area contributed by atoms with E-state index in [0.717, 1.165) is 25.0 Å². The number of carbonyl (C=O) groups is 1. The van der Waals surface area contributed by atoms with Crippen LogP contribution in [0.5, 0.6) is 11.5 Å². The van der Waals surface area contributed by atoms with Gasteiger partial charge in [-0.15, -0.1) is 11.3 Å². The molecule has 4 rings (SSSR count). The van der Waals surface area contributed by atoms with Crippen molar-refractivity contribution in [1.82, 2.24) is 4.90 Å². The number of hydrogen-bond acceptors (Lipinski definition) is 7. The predicted molar refractivity (Wildman–Crippen MR) is 125 cm³/mol. The van der Waals surface area contributed by atoms with Crippen LogP contribution in [-0.2, 0) is 21.4 Å². The van der Waals surface area contributed by atoms with Crippen molar-refractivity contribution in [1.29, 1.82) is 0 Å². The molecule has 3 aromatic rings. The molecule has 33 heavy (non-hydrogen) atoms. The Bertz CT molecular complexity index is 1150. The van der Waals surface area contributed by atoms with Crippen LogP contribution in [0.25, 0.3) is 0 Å². The number of rotatable bonds is 9. The number of amides is 1. The van der Waals surface area contributed by atoms with E-state index in [1.54, 1.807) is 41.3 Å². The lowest BCUT2D eigenvalue weighted by atomic mass is 10.1. The van der Waals surface area contributed by atoms with E-state index in [0.29, 0.717) is 23.7 Å². The van der Waals surface area contributed by atoms with E-state index in [4.69, 9.17) is 13.7 Å². The van der Waals surface area contributed by atoms with Crippen LogP contribution in [-0.4, -0.2) is 45.6 Å². The summed E-state index contributed by atoms with van der Waals surface area (Å²) in [7, 11) is -2.46. The molecule has 2 aromatic carbocycles. The molecule has 0 bridgehead atoms. The minimum absolute atomic E-state index is 0.0335. The highest BCUT2D eigenvalue weighted by molar-refractivity contribution is 7.87. The Kier molecular flexibility index (Phi) is 7.32. The van der Waals surface area contributed by atoms with Crippen LogP contribution in [0.15, 0.2) is 70.9 Å². The molecule has 1 amide bonds. The van der Waals surface area contributed by atoms with Gasteiger partial charge in [0.25, 0.3) is 5.91 Å². The molecule has 174 valence electrons. The van der Waals surface area contributed by atoms with Gasteiger partial charge in [-0.2, -0.15) is 8.42 Å². The predicted octanol–water partition coefficient (Wildman–Crippen LogP) is 4.35. The zero-order valence-corrected chi connectivity index (χ0v) is 19.8. The molecule has 1 unspecified atom stereocenters. The molecule has 0 radical (unpaired) electrons. The molecule has 0 N–H and O–H groups in total. The van der Waals surface area contributed by atoms with Gasteiger partial charge in [-0.25, -0.2) is 0 Å². The number of nitrogens with zero attached hydrogens (tertiary/aromatic N) is 1. The molecule has 1 aliphatic heterocycles. The van der Waals surface area contributed by atoms with Crippen molar-refractivity contribution in [2.24, 2.45) is 0 Å². The summed E-state index contributed by atoms with van der Waals surface area (Å²) in [5.41, 5.74) is 0.868. The van der Waals surface area contributed by atoms with Crippen molar-refractivity contribution >= 4 is 27.4 Å². The molecule has 0 saturated carbocycles. The van der Waals surface area contributed by atoms with Crippen LogP contribution < -0.4 is 8.92 Å². The second-order valence-electron chi connectivity index (χ2n) is 7.65. The lowest BCUT2D eigenvalue weighted by Gasteiger charge is -2.25. The van der Waals surface area contributed by atoms with Crippen molar-refractivity contribution in [3.63, 3.8) is 0 Å². The van der Waals surface area contributed by atoms with Gasteiger partial charge in [0.2, 0.25) is 0 Å². The van der Waals surface area contributed by atoms with Gasteiger partial charge >= 0.3 is 10.1 Å². The largest absolute Gasteiger partial charge is 0.497 e. The molecular weight excluding hydrogens is 462 g/mol. The summed E-state index contributed by atoms with van der Waals surface area (Å²) < 4.78 is 41.2. The number of carbonyl (C=O) groups excluding carboxylic acids is 1. The third-order valence-electron chi connectivity index (χ3n) is 5.32. The maximum absolute atomic E-state index is 13.0. The minimum atomic E-state index is -3.97. The van der Waals surface area contributed by atoms with E-state index in [9.17, 15) is 13.2 Å².